The lowest BCUT2D eigenvalue weighted by Gasteiger charge is -2.15. The van der Waals surface area contributed by atoms with Crippen molar-refractivity contribution >= 4 is 14.0 Å². The van der Waals surface area contributed by atoms with Crippen LogP contribution in [0.5, 0.6) is 0 Å². The molecule has 0 heterocycles. The molecule has 0 saturated heterocycles. The fraction of sp³-hybridized carbons (Fsp3) is 0.444. The van der Waals surface area contributed by atoms with Gasteiger partial charge in [0.05, 0.1) is 8.07 Å². The molecule has 1 N–H and O–H groups in total. The van der Waals surface area contributed by atoms with Crippen molar-refractivity contribution in [2.75, 3.05) is 0 Å². The highest BCUT2D eigenvalue weighted by Crippen LogP contribution is 2.14. The summed E-state index contributed by atoms with van der Waals surface area (Å²) in [4.78, 5) is 10.8. The third-order valence-corrected chi connectivity index (χ3v) is 3.49. The minimum Gasteiger partial charge on any atom is -0.478 e. The van der Waals surface area contributed by atoms with Gasteiger partial charge in [-0.1, -0.05) is 37.9 Å². The molecule has 0 unspecified atom stereocenters. The topological polar surface area (TPSA) is 37.3 Å². The predicted octanol–water partition coefficient (Wildman–Crippen LogP) is 2.45. The molecule has 0 aliphatic carbocycles. The van der Waals surface area contributed by atoms with Crippen LogP contribution in [0.4, 0.5) is 0 Å². The van der Waals surface area contributed by atoms with Crippen LogP contribution in [0.15, 0.2) is 23.4 Å². The molecule has 0 aromatic carbocycles. The Hall–Kier alpha value is -0.833. The van der Waals surface area contributed by atoms with Crippen molar-refractivity contribution in [2.45, 2.75) is 26.6 Å². The third-order valence-electron chi connectivity index (χ3n) is 1.49. The molecule has 0 radical (unpaired) electrons. The first-order valence-corrected chi connectivity index (χ1v) is 7.46. The minimum absolute atomic E-state index is 0.570. The maximum Gasteiger partial charge on any atom is 0.327 e. The molecule has 3 heteroatoms. The molecule has 0 atom stereocenters. The summed E-state index contributed by atoms with van der Waals surface area (Å²) < 4.78 is 0. The van der Waals surface area contributed by atoms with Crippen LogP contribution in [-0.4, -0.2) is 19.1 Å². The van der Waals surface area contributed by atoms with Crippen LogP contribution in [0.1, 0.15) is 6.92 Å². The first-order valence-electron chi connectivity index (χ1n) is 3.96. The lowest BCUT2D eigenvalue weighted by Crippen LogP contribution is -2.29. The molecule has 0 aliphatic rings. The van der Waals surface area contributed by atoms with E-state index in [0.717, 1.165) is 0 Å². The highest BCUT2D eigenvalue weighted by molar-refractivity contribution is 6.86. The number of carboxylic acids is 1. The molecule has 0 rings (SSSR count). The largest absolute Gasteiger partial charge is 0.478 e. The van der Waals surface area contributed by atoms with Crippen LogP contribution in [0.3, 0.4) is 0 Å². The first kappa shape index (κ1) is 11.2. The Morgan fingerprint density at radius 2 is 1.83 bits per heavy atom. The molecular formula is C9H16O2Si. The normalized spacial score (nSPS) is 13.8. The summed E-state index contributed by atoms with van der Waals surface area (Å²) in [6.07, 6.45) is 5.32. The second-order valence-electron chi connectivity index (χ2n) is 3.66. The van der Waals surface area contributed by atoms with E-state index in [-0.39, 0.29) is 0 Å². The van der Waals surface area contributed by atoms with E-state index in [1.807, 2.05) is 32.6 Å². The van der Waals surface area contributed by atoms with Gasteiger partial charge in [-0.05, 0) is 6.92 Å². The molecule has 0 saturated carbocycles. The van der Waals surface area contributed by atoms with E-state index >= 15 is 0 Å². The Bertz CT molecular complexity index is 221. The number of rotatable bonds is 3. The van der Waals surface area contributed by atoms with E-state index in [9.17, 15) is 4.79 Å². The van der Waals surface area contributed by atoms with Gasteiger partial charge in [0.2, 0.25) is 0 Å². The molecule has 0 aliphatic heterocycles. The summed E-state index contributed by atoms with van der Waals surface area (Å²) in [5, 5.41) is 9.44. The van der Waals surface area contributed by atoms with Gasteiger partial charge in [0, 0.05) is 5.20 Å². The van der Waals surface area contributed by atoms with Crippen LogP contribution in [0.25, 0.3) is 0 Å². The highest BCUT2D eigenvalue weighted by atomic mass is 28.3. The fourth-order valence-electron chi connectivity index (χ4n) is 0.835. The van der Waals surface area contributed by atoms with E-state index in [0.29, 0.717) is 5.20 Å². The molecule has 0 aromatic rings. The minimum atomic E-state index is -1.68. The maximum absolute atomic E-state index is 10.8. The molecule has 68 valence electrons. The standard InChI is InChI=1S/C9H16O2Si/c1-5-6-7-8(9(10)11)12(2,3)4/h5-7H,1-4H3,(H,10,11). The van der Waals surface area contributed by atoms with E-state index in [1.165, 1.54) is 0 Å². The highest BCUT2D eigenvalue weighted by Gasteiger charge is 2.24. The van der Waals surface area contributed by atoms with Crippen LogP contribution in [0, 0.1) is 0 Å². The Kier molecular flexibility index (Phi) is 3.96. The summed E-state index contributed by atoms with van der Waals surface area (Å²) in [7, 11) is -1.68. The van der Waals surface area contributed by atoms with Crippen LogP contribution < -0.4 is 0 Å². The quantitative estimate of drug-likeness (QED) is 0.415. The van der Waals surface area contributed by atoms with Gasteiger partial charge in [0.15, 0.2) is 0 Å². The van der Waals surface area contributed by atoms with Crippen LogP contribution >= 0.6 is 0 Å². The zero-order valence-electron chi connectivity index (χ0n) is 8.09. The predicted molar refractivity (Wildman–Crippen MR) is 53.9 cm³/mol. The second kappa shape index (κ2) is 4.26. The van der Waals surface area contributed by atoms with Crippen LogP contribution in [0.2, 0.25) is 19.6 Å². The number of aliphatic carboxylic acids is 1. The lowest BCUT2D eigenvalue weighted by molar-refractivity contribution is -0.132. The van der Waals surface area contributed by atoms with E-state index in [1.54, 1.807) is 12.2 Å². The summed E-state index contributed by atoms with van der Waals surface area (Å²) in [5.74, 6) is -0.785. The van der Waals surface area contributed by atoms with Gasteiger partial charge in [0.25, 0.3) is 0 Å². The van der Waals surface area contributed by atoms with Crippen molar-refractivity contribution in [3.63, 3.8) is 0 Å². The zero-order valence-corrected chi connectivity index (χ0v) is 9.09. The van der Waals surface area contributed by atoms with Crippen molar-refractivity contribution in [3.8, 4) is 0 Å². The van der Waals surface area contributed by atoms with Gasteiger partial charge < -0.3 is 5.11 Å². The van der Waals surface area contributed by atoms with Gasteiger partial charge in [0.1, 0.15) is 0 Å². The molecule has 2 nitrogen and oxygen atoms in total. The van der Waals surface area contributed by atoms with E-state index in [4.69, 9.17) is 5.11 Å². The van der Waals surface area contributed by atoms with E-state index in [2.05, 4.69) is 0 Å². The molecule has 0 fully saturated rings. The smallest absolute Gasteiger partial charge is 0.327 e. The Morgan fingerprint density at radius 3 is 2.08 bits per heavy atom. The molecule has 0 bridgehead atoms. The van der Waals surface area contributed by atoms with Crippen LogP contribution in [-0.2, 0) is 4.79 Å². The third kappa shape index (κ3) is 3.53. The fourth-order valence-corrected chi connectivity index (χ4v) is 2.07. The van der Waals surface area contributed by atoms with Gasteiger partial charge >= 0.3 is 5.97 Å². The molecule has 0 amide bonds. The maximum atomic E-state index is 10.8. The summed E-state index contributed by atoms with van der Waals surface area (Å²) in [6.45, 7) is 7.95. The number of allylic oxidation sites excluding steroid dienone is 3. The van der Waals surface area contributed by atoms with Gasteiger partial charge in [-0.2, -0.15) is 0 Å². The van der Waals surface area contributed by atoms with Gasteiger partial charge in [-0.15, -0.1) is 0 Å². The molecule has 12 heavy (non-hydrogen) atoms. The number of hydrogen-bond acceptors (Lipinski definition) is 1. The Morgan fingerprint density at radius 1 is 1.33 bits per heavy atom. The van der Waals surface area contributed by atoms with Crippen molar-refractivity contribution < 1.29 is 9.90 Å². The SMILES string of the molecule is CC=CC=C(C(=O)O)[Si](C)(C)C. The van der Waals surface area contributed by atoms with Crippen molar-refractivity contribution in [1.82, 2.24) is 0 Å². The first-order chi connectivity index (χ1) is 5.39. The average Bonchev–Trinajstić information content (AvgIpc) is 1.84. The lowest BCUT2D eigenvalue weighted by atomic mass is 10.4. The number of hydrogen-bond donors (Lipinski definition) is 1. The number of carboxylic acid groups (broad SMARTS) is 1. The average molecular weight is 184 g/mol. The molecule has 0 spiro atoms. The summed E-state index contributed by atoms with van der Waals surface area (Å²) in [6, 6.07) is 0. The second-order valence-corrected chi connectivity index (χ2v) is 8.70. The molecule has 0 aromatic heterocycles. The Balaban J connectivity index is 4.80. The monoisotopic (exact) mass is 184 g/mol. The Labute approximate surface area is 74.6 Å². The van der Waals surface area contributed by atoms with Crippen molar-refractivity contribution in [1.29, 1.82) is 0 Å². The summed E-state index contributed by atoms with van der Waals surface area (Å²) >= 11 is 0. The van der Waals surface area contributed by atoms with Crippen molar-refractivity contribution in [2.24, 2.45) is 0 Å². The van der Waals surface area contributed by atoms with E-state index < -0.39 is 14.0 Å². The van der Waals surface area contributed by atoms with Gasteiger partial charge in [-0.3, -0.25) is 0 Å². The number of carbonyl (C=O) groups is 1. The summed E-state index contributed by atoms with van der Waals surface area (Å²) in [5.41, 5.74) is 0. The van der Waals surface area contributed by atoms with Gasteiger partial charge in [-0.25, -0.2) is 4.79 Å². The molecular weight excluding hydrogens is 168 g/mol. The van der Waals surface area contributed by atoms with Crippen molar-refractivity contribution in [3.05, 3.63) is 23.4 Å². The zero-order chi connectivity index (χ0) is 9.78.